The number of nitrogens with one attached hydrogen (secondary N) is 1. The minimum absolute atomic E-state index is 0.795. The molecule has 2 heterocycles. The molecule has 0 unspecified atom stereocenters. The molecule has 1 aliphatic rings. The van der Waals surface area contributed by atoms with E-state index in [2.05, 4.69) is 32.4 Å². The molecule has 0 saturated heterocycles. The third-order valence-electron chi connectivity index (χ3n) is 3.42. The maximum absolute atomic E-state index is 4.32. The first-order valence-corrected chi connectivity index (χ1v) is 6.36. The van der Waals surface area contributed by atoms with Gasteiger partial charge in [0.15, 0.2) is 5.82 Å². The van der Waals surface area contributed by atoms with Crippen LogP contribution in [0.4, 0.5) is 5.82 Å². The first-order valence-electron chi connectivity index (χ1n) is 6.36. The van der Waals surface area contributed by atoms with Crippen molar-refractivity contribution in [3.05, 3.63) is 18.2 Å². The molecule has 1 N–H and O–H groups in total. The summed E-state index contributed by atoms with van der Waals surface area (Å²) in [6, 6.07) is 0.797. The number of likely N-dealkylation sites (N-methyl/N-ethyl adjacent to an activating group) is 1. The highest BCUT2D eigenvalue weighted by molar-refractivity contribution is 5.61. The van der Waals surface area contributed by atoms with E-state index in [1.165, 1.54) is 12.8 Å². The van der Waals surface area contributed by atoms with Gasteiger partial charge in [0.25, 0.3) is 0 Å². The second kappa shape index (κ2) is 4.53. The Morgan fingerprint density at radius 3 is 3.06 bits per heavy atom. The fourth-order valence-corrected chi connectivity index (χ4v) is 2.11. The second-order valence-electron chi connectivity index (χ2n) is 4.86. The van der Waals surface area contributed by atoms with Crippen molar-refractivity contribution < 1.29 is 0 Å². The van der Waals surface area contributed by atoms with Gasteiger partial charge < -0.3 is 10.2 Å². The quantitative estimate of drug-likeness (QED) is 0.851. The summed E-state index contributed by atoms with van der Waals surface area (Å²) in [6.07, 6.45) is 6.34. The third kappa shape index (κ3) is 2.15. The number of anilines is 1. The van der Waals surface area contributed by atoms with E-state index in [9.17, 15) is 0 Å². The molecule has 1 fully saturated rings. The average Bonchev–Trinajstić information content (AvgIpc) is 3.15. The Morgan fingerprint density at radius 1 is 1.44 bits per heavy atom. The smallest absolute Gasteiger partial charge is 0.203 e. The van der Waals surface area contributed by atoms with Crippen molar-refractivity contribution in [3.63, 3.8) is 0 Å². The van der Waals surface area contributed by atoms with E-state index < -0.39 is 0 Å². The molecule has 0 aliphatic heterocycles. The van der Waals surface area contributed by atoms with Gasteiger partial charge >= 0.3 is 0 Å². The molecule has 1 aliphatic carbocycles. The third-order valence-corrected chi connectivity index (χ3v) is 3.42. The number of aryl methyl sites for hydroxylation is 1. The summed E-state index contributed by atoms with van der Waals surface area (Å²) in [4.78, 5) is 6.72. The normalized spacial score (nSPS) is 15.5. The number of nitrogens with zero attached hydrogens (tertiary/aromatic N) is 5. The minimum atomic E-state index is 0.795. The first kappa shape index (κ1) is 11.4. The zero-order valence-corrected chi connectivity index (χ0v) is 10.8. The highest BCUT2D eigenvalue weighted by Gasteiger charge is 2.25. The molecule has 18 heavy (non-hydrogen) atoms. The van der Waals surface area contributed by atoms with Crippen molar-refractivity contribution in [1.82, 2.24) is 24.5 Å². The van der Waals surface area contributed by atoms with Crippen LogP contribution in [0.3, 0.4) is 0 Å². The molecule has 0 bridgehead atoms. The van der Waals surface area contributed by atoms with Crippen LogP contribution in [0.5, 0.6) is 0 Å². The maximum Gasteiger partial charge on any atom is 0.203 e. The number of fused-ring (bicyclic) bond motifs is 1. The van der Waals surface area contributed by atoms with Crippen LogP contribution in [-0.2, 0) is 0 Å². The first-order chi connectivity index (χ1) is 8.75. The summed E-state index contributed by atoms with van der Waals surface area (Å²) >= 11 is 0. The highest BCUT2D eigenvalue weighted by Crippen LogP contribution is 2.24. The van der Waals surface area contributed by atoms with E-state index >= 15 is 0 Å². The van der Waals surface area contributed by atoms with E-state index in [1.54, 1.807) is 6.20 Å². The maximum atomic E-state index is 4.32. The Balaban J connectivity index is 1.66. The van der Waals surface area contributed by atoms with E-state index in [1.807, 2.05) is 17.5 Å². The SMILES string of the molecule is Cc1nnc2c(NCCN(C)C3CC3)nccn12. The fraction of sp³-hybridized carbons (Fsp3) is 0.583. The van der Waals surface area contributed by atoms with Crippen molar-refractivity contribution in [2.75, 3.05) is 25.5 Å². The van der Waals surface area contributed by atoms with Crippen LogP contribution in [-0.4, -0.2) is 50.7 Å². The molecule has 2 aromatic heterocycles. The zero-order valence-electron chi connectivity index (χ0n) is 10.8. The molecule has 2 aromatic rings. The van der Waals surface area contributed by atoms with E-state index in [-0.39, 0.29) is 0 Å². The summed E-state index contributed by atoms with van der Waals surface area (Å²) in [7, 11) is 2.18. The van der Waals surface area contributed by atoms with Gasteiger partial charge in [0.1, 0.15) is 5.82 Å². The molecule has 0 amide bonds. The molecule has 0 radical (unpaired) electrons. The van der Waals surface area contributed by atoms with Gasteiger partial charge in [0.05, 0.1) is 0 Å². The van der Waals surface area contributed by atoms with Crippen LogP contribution in [0.15, 0.2) is 12.4 Å². The van der Waals surface area contributed by atoms with E-state index in [0.29, 0.717) is 0 Å². The zero-order chi connectivity index (χ0) is 12.5. The molecule has 0 spiro atoms. The molecular formula is C12H18N6. The molecule has 3 rings (SSSR count). The lowest BCUT2D eigenvalue weighted by Crippen LogP contribution is -2.27. The largest absolute Gasteiger partial charge is 0.366 e. The predicted molar refractivity (Wildman–Crippen MR) is 69.7 cm³/mol. The van der Waals surface area contributed by atoms with Crippen molar-refractivity contribution in [3.8, 4) is 0 Å². The van der Waals surface area contributed by atoms with Gasteiger partial charge in [-0.05, 0) is 26.8 Å². The van der Waals surface area contributed by atoms with Gasteiger partial charge in [-0.25, -0.2) is 4.98 Å². The van der Waals surface area contributed by atoms with Gasteiger partial charge in [0, 0.05) is 31.5 Å². The van der Waals surface area contributed by atoms with E-state index in [0.717, 1.165) is 36.4 Å². The van der Waals surface area contributed by atoms with Crippen LogP contribution in [0.1, 0.15) is 18.7 Å². The average molecular weight is 246 g/mol. The Morgan fingerprint density at radius 2 is 2.28 bits per heavy atom. The molecule has 6 nitrogen and oxygen atoms in total. The number of hydrogen-bond donors (Lipinski definition) is 1. The summed E-state index contributed by atoms with van der Waals surface area (Å²) in [5, 5.41) is 11.5. The van der Waals surface area contributed by atoms with Gasteiger partial charge in [-0.3, -0.25) is 4.40 Å². The van der Waals surface area contributed by atoms with Crippen molar-refractivity contribution in [2.24, 2.45) is 0 Å². The number of aromatic nitrogens is 4. The van der Waals surface area contributed by atoms with Gasteiger partial charge in [0.2, 0.25) is 5.65 Å². The summed E-state index contributed by atoms with van der Waals surface area (Å²) in [5.41, 5.74) is 0.795. The fourth-order valence-electron chi connectivity index (χ4n) is 2.11. The lowest BCUT2D eigenvalue weighted by molar-refractivity contribution is 0.337. The van der Waals surface area contributed by atoms with Crippen molar-refractivity contribution >= 4 is 11.5 Å². The van der Waals surface area contributed by atoms with Gasteiger partial charge in [-0.1, -0.05) is 0 Å². The Bertz CT molecular complexity index is 544. The standard InChI is InChI=1S/C12H18N6/c1-9-15-16-12-11(14-6-8-18(9)12)13-5-7-17(2)10-3-4-10/h6,8,10H,3-5,7H2,1-2H3,(H,13,14). The topological polar surface area (TPSA) is 58.4 Å². The van der Waals surface area contributed by atoms with E-state index in [4.69, 9.17) is 0 Å². The summed E-state index contributed by atoms with van der Waals surface area (Å²) in [5.74, 6) is 1.69. The van der Waals surface area contributed by atoms with Crippen molar-refractivity contribution in [1.29, 1.82) is 0 Å². The number of rotatable bonds is 5. The molecule has 6 heteroatoms. The lowest BCUT2D eigenvalue weighted by Gasteiger charge is -2.15. The van der Waals surface area contributed by atoms with Gasteiger partial charge in [-0.2, -0.15) is 0 Å². The molecule has 0 atom stereocenters. The van der Waals surface area contributed by atoms with Crippen LogP contribution in [0, 0.1) is 6.92 Å². The van der Waals surface area contributed by atoms with Crippen molar-refractivity contribution in [2.45, 2.75) is 25.8 Å². The number of hydrogen-bond acceptors (Lipinski definition) is 5. The Hall–Kier alpha value is -1.69. The van der Waals surface area contributed by atoms with Crippen LogP contribution < -0.4 is 5.32 Å². The molecule has 96 valence electrons. The summed E-state index contributed by atoms with van der Waals surface area (Å²) in [6.45, 7) is 3.84. The molecule has 0 aromatic carbocycles. The molecular weight excluding hydrogens is 228 g/mol. The predicted octanol–water partition coefficient (Wildman–Crippen LogP) is 0.939. The summed E-state index contributed by atoms with van der Waals surface area (Å²) < 4.78 is 1.94. The van der Waals surface area contributed by atoms with Crippen LogP contribution >= 0.6 is 0 Å². The van der Waals surface area contributed by atoms with Crippen LogP contribution in [0.2, 0.25) is 0 Å². The van der Waals surface area contributed by atoms with Gasteiger partial charge in [-0.15, -0.1) is 10.2 Å². The lowest BCUT2D eigenvalue weighted by atomic mass is 10.5. The van der Waals surface area contributed by atoms with Crippen LogP contribution in [0.25, 0.3) is 5.65 Å². The monoisotopic (exact) mass is 246 g/mol. The molecule has 1 saturated carbocycles. The Kier molecular flexibility index (Phi) is 2.87. The Labute approximate surface area is 106 Å². The second-order valence-corrected chi connectivity index (χ2v) is 4.86. The minimum Gasteiger partial charge on any atom is -0.366 e. The highest BCUT2D eigenvalue weighted by atomic mass is 15.3.